The minimum absolute atomic E-state index is 0.0336. The fraction of sp³-hybridized carbons (Fsp3) is 0.133. The summed E-state index contributed by atoms with van der Waals surface area (Å²) in [5, 5.41) is 13.5. The maximum atomic E-state index is 12.2. The molecular weight excluding hydrogens is 336 g/mol. The molecule has 0 fully saturated rings. The van der Waals surface area contributed by atoms with Crippen LogP contribution in [0.5, 0.6) is 0 Å². The maximum absolute atomic E-state index is 12.2. The molecule has 0 unspecified atom stereocenters. The van der Waals surface area contributed by atoms with Gasteiger partial charge in [-0.2, -0.15) is 0 Å². The van der Waals surface area contributed by atoms with Gasteiger partial charge in [0.15, 0.2) is 0 Å². The van der Waals surface area contributed by atoms with Gasteiger partial charge in [-0.05, 0) is 49.7 Å². The van der Waals surface area contributed by atoms with Crippen LogP contribution in [0.25, 0.3) is 0 Å². The van der Waals surface area contributed by atoms with E-state index in [1.807, 2.05) is 13.0 Å². The van der Waals surface area contributed by atoms with Crippen molar-refractivity contribution in [2.45, 2.75) is 13.8 Å². The molecule has 0 atom stereocenters. The summed E-state index contributed by atoms with van der Waals surface area (Å²) in [6.07, 6.45) is 0. The maximum Gasteiger partial charge on any atom is 0.272 e. The number of anilines is 1. The number of nitro benzene ring substituents is 1. The molecule has 6 heteroatoms. The first kappa shape index (κ1) is 15.2. The van der Waals surface area contributed by atoms with E-state index < -0.39 is 4.92 Å². The molecular formula is C15H13BrN2O3. The Bertz CT molecular complexity index is 709. The molecule has 0 bridgehead atoms. The Hall–Kier alpha value is -2.21. The lowest BCUT2D eigenvalue weighted by Gasteiger charge is -2.07. The van der Waals surface area contributed by atoms with Crippen LogP contribution < -0.4 is 5.32 Å². The molecule has 21 heavy (non-hydrogen) atoms. The Kier molecular flexibility index (Phi) is 4.37. The number of nitrogens with one attached hydrogen (secondary N) is 1. The summed E-state index contributed by atoms with van der Waals surface area (Å²) < 4.78 is 0.826. The predicted molar refractivity (Wildman–Crippen MR) is 84.7 cm³/mol. The number of carbonyl (C=O) groups excluding carboxylic acids is 1. The Labute approximate surface area is 130 Å². The summed E-state index contributed by atoms with van der Waals surface area (Å²) in [5.41, 5.74) is 2.56. The van der Waals surface area contributed by atoms with Crippen molar-refractivity contribution < 1.29 is 9.72 Å². The number of hydrogen-bond acceptors (Lipinski definition) is 3. The molecule has 0 saturated heterocycles. The van der Waals surface area contributed by atoms with Gasteiger partial charge in [-0.15, -0.1) is 0 Å². The number of nitrogens with zero attached hydrogens (tertiary/aromatic N) is 1. The van der Waals surface area contributed by atoms with Crippen LogP contribution in [0.15, 0.2) is 40.9 Å². The van der Waals surface area contributed by atoms with Crippen molar-refractivity contribution in [3.8, 4) is 0 Å². The van der Waals surface area contributed by atoms with E-state index in [-0.39, 0.29) is 11.6 Å². The smallest absolute Gasteiger partial charge is 0.272 e. The quantitative estimate of drug-likeness (QED) is 0.666. The van der Waals surface area contributed by atoms with E-state index in [1.54, 1.807) is 25.1 Å². The largest absolute Gasteiger partial charge is 0.322 e. The molecule has 0 radical (unpaired) electrons. The normalized spacial score (nSPS) is 10.2. The van der Waals surface area contributed by atoms with Crippen LogP contribution in [0.4, 0.5) is 11.4 Å². The minimum Gasteiger partial charge on any atom is -0.322 e. The lowest BCUT2D eigenvalue weighted by Crippen LogP contribution is -2.12. The van der Waals surface area contributed by atoms with E-state index in [0.717, 1.165) is 10.0 Å². The Morgan fingerprint density at radius 3 is 2.48 bits per heavy atom. The Balaban J connectivity index is 2.23. The zero-order valence-corrected chi connectivity index (χ0v) is 13.1. The standard InChI is InChI=1S/C15H13BrN2O3/c1-9-5-11(8-12(16)6-9)15(19)17-13-3-4-14(18(20)21)10(2)7-13/h3-8H,1-2H3,(H,17,19). The second-order valence-corrected chi connectivity index (χ2v) is 5.65. The van der Waals surface area contributed by atoms with Gasteiger partial charge in [0.1, 0.15) is 0 Å². The summed E-state index contributed by atoms with van der Waals surface area (Å²) in [6.45, 7) is 3.54. The van der Waals surface area contributed by atoms with Crippen molar-refractivity contribution in [2.75, 3.05) is 5.32 Å². The molecule has 0 spiro atoms. The minimum atomic E-state index is -0.446. The molecule has 2 rings (SSSR count). The van der Waals surface area contributed by atoms with Crippen LogP contribution in [-0.2, 0) is 0 Å². The molecule has 0 aromatic heterocycles. The fourth-order valence-corrected chi connectivity index (χ4v) is 2.62. The first-order chi connectivity index (χ1) is 9.86. The van der Waals surface area contributed by atoms with E-state index in [2.05, 4.69) is 21.2 Å². The summed E-state index contributed by atoms with van der Waals surface area (Å²) in [6, 6.07) is 9.90. The monoisotopic (exact) mass is 348 g/mol. The summed E-state index contributed by atoms with van der Waals surface area (Å²) >= 11 is 3.35. The highest BCUT2D eigenvalue weighted by molar-refractivity contribution is 9.10. The van der Waals surface area contributed by atoms with Crippen molar-refractivity contribution in [1.29, 1.82) is 0 Å². The SMILES string of the molecule is Cc1cc(Br)cc(C(=O)Nc2ccc([N+](=O)[O-])c(C)c2)c1. The number of amides is 1. The topological polar surface area (TPSA) is 72.2 Å². The van der Waals surface area contributed by atoms with E-state index in [0.29, 0.717) is 16.8 Å². The van der Waals surface area contributed by atoms with Crippen molar-refractivity contribution in [2.24, 2.45) is 0 Å². The zero-order chi connectivity index (χ0) is 15.6. The number of hydrogen-bond donors (Lipinski definition) is 1. The van der Waals surface area contributed by atoms with Crippen molar-refractivity contribution in [1.82, 2.24) is 0 Å². The zero-order valence-electron chi connectivity index (χ0n) is 11.5. The van der Waals surface area contributed by atoms with Gasteiger partial charge in [-0.25, -0.2) is 0 Å². The van der Waals surface area contributed by atoms with Gasteiger partial charge in [-0.1, -0.05) is 15.9 Å². The first-order valence-electron chi connectivity index (χ1n) is 6.20. The molecule has 0 saturated carbocycles. The van der Waals surface area contributed by atoms with Crippen LogP contribution >= 0.6 is 15.9 Å². The lowest BCUT2D eigenvalue weighted by atomic mass is 10.1. The highest BCUT2D eigenvalue weighted by Crippen LogP contribution is 2.22. The van der Waals surface area contributed by atoms with Crippen molar-refractivity contribution in [3.63, 3.8) is 0 Å². The van der Waals surface area contributed by atoms with Gasteiger partial charge in [0, 0.05) is 27.4 Å². The van der Waals surface area contributed by atoms with Crippen molar-refractivity contribution >= 4 is 33.2 Å². The van der Waals surface area contributed by atoms with Gasteiger partial charge < -0.3 is 5.32 Å². The van der Waals surface area contributed by atoms with Crippen LogP contribution in [0.2, 0.25) is 0 Å². The number of halogens is 1. The first-order valence-corrected chi connectivity index (χ1v) is 6.99. The lowest BCUT2D eigenvalue weighted by molar-refractivity contribution is -0.385. The van der Waals surface area contributed by atoms with E-state index in [9.17, 15) is 14.9 Å². The molecule has 108 valence electrons. The highest BCUT2D eigenvalue weighted by Gasteiger charge is 2.12. The second kappa shape index (κ2) is 6.05. The van der Waals surface area contributed by atoms with Crippen LogP contribution in [0.3, 0.4) is 0 Å². The third-order valence-corrected chi connectivity index (χ3v) is 3.41. The van der Waals surface area contributed by atoms with Crippen LogP contribution in [-0.4, -0.2) is 10.8 Å². The Morgan fingerprint density at radius 2 is 1.90 bits per heavy atom. The van der Waals surface area contributed by atoms with Crippen LogP contribution in [0, 0.1) is 24.0 Å². The van der Waals surface area contributed by atoms with Gasteiger partial charge in [0.05, 0.1) is 4.92 Å². The highest BCUT2D eigenvalue weighted by atomic mass is 79.9. The molecule has 2 aromatic carbocycles. The molecule has 0 aliphatic heterocycles. The number of benzene rings is 2. The van der Waals surface area contributed by atoms with Gasteiger partial charge in [0.25, 0.3) is 11.6 Å². The van der Waals surface area contributed by atoms with Gasteiger partial charge in [-0.3, -0.25) is 14.9 Å². The number of aryl methyl sites for hydroxylation is 2. The number of nitro groups is 1. The molecule has 5 nitrogen and oxygen atoms in total. The third kappa shape index (κ3) is 3.66. The molecule has 1 N–H and O–H groups in total. The van der Waals surface area contributed by atoms with Crippen molar-refractivity contribution in [3.05, 3.63) is 67.7 Å². The average molecular weight is 349 g/mol. The molecule has 2 aromatic rings. The van der Waals surface area contributed by atoms with Crippen LogP contribution in [0.1, 0.15) is 21.5 Å². The van der Waals surface area contributed by atoms with E-state index in [4.69, 9.17) is 0 Å². The molecule has 0 aliphatic carbocycles. The summed E-state index contributed by atoms with van der Waals surface area (Å²) in [4.78, 5) is 22.5. The van der Waals surface area contributed by atoms with Gasteiger partial charge >= 0.3 is 0 Å². The fourth-order valence-electron chi connectivity index (χ4n) is 2.01. The van der Waals surface area contributed by atoms with Gasteiger partial charge in [0.2, 0.25) is 0 Å². The number of rotatable bonds is 3. The second-order valence-electron chi connectivity index (χ2n) is 4.73. The Morgan fingerprint density at radius 1 is 1.19 bits per heavy atom. The molecule has 1 amide bonds. The number of carbonyl (C=O) groups is 1. The molecule has 0 heterocycles. The van der Waals surface area contributed by atoms with E-state index >= 15 is 0 Å². The average Bonchev–Trinajstić information content (AvgIpc) is 2.37. The third-order valence-electron chi connectivity index (χ3n) is 2.96. The predicted octanol–water partition coefficient (Wildman–Crippen LogP) is 4.23. The molecule has 0 aliphatic rings. The van der Waals surface area contributed by atoms with E-state index in [1.165, 1.54) is 12.1 Å². The summed E-state index contributed by atoms with van der Waals surface area (Å²) in [7, 11) is 0. The summed E-state index contributed by atoms with van der Waals surface area (Å²) in [5.74, 6) is -0.257.